The van der Waals surface area contributed by atoms with Crippen LogP contribution in [-0.4, -0.2) is 52.6 Å². The second-order valence-corrected chi connectivity index (χ2v) is 4.44. The van der Waals surface area contributed by atoms with Crippen LogP contribution in [0.1, 0.15) is 16.2 Å². The summed E-state index contributed by atoms with van der Waals surface area (Å²) in [5.74, 6) is -0.149. The fraction of sp³-hybridized carbons (Fsp3) is 0.417. The molecule has 0 radical (unpaired) electrons. The average Bonchev–Trinajstić information content (AvgIpc) is 2.76. The van der Waals surface area contributed by atoms with Crippen LogP contribution in [0, 0.1) is 6.92 Å². The number of hydrogen-bond acceptors (Lipinski definition) is 4. The highest BCUT2D eigenvalue weighted by Gasteiger charge is 2.10. The number of nitrogens with zero attached hydrogens (tertiary/aromatic N) is 4. The standard InChI is InChI=1S/C12H17N5O/c1-9-8-10(12(18)13-6-7-16(2)3)15-11-4-5-14-17(9)11/h4-5,8H,6-7H2,1-3H3,(H,13,18). The molecule has 6 nitrogen and oxygen atoms in total. The third-order valence-electron chi connectivity index (χ3n) is 2.61. The number of carbonyl (C=O) groups is 1. The van der Waals surface area contributed by atoms with Gasteiger partial charge in [-0.3, -0.25) is 4.79 Å². The Bertz CT molecular complexity index is 561. The van der Waals surface area contributed by atoms with Crippen molar-refractivity contribution in [1.29, 1.82) is 0 Å². The molecule has 2 heterocycles. The highest BCUT2D eigenvalue weighted by molar-refractivity contribution is 5.92. The molecule has 0 fully saturated rings. The Balaban J connectivity index is 2.12. The molecule has 0 bridgehead atoms. The Morgan fingerprint density at radius 3 is 3.00 bits per heavy atom. The van der Waals surface area contributed by atoms with E-state index in [1.165, 1.54) is 0 Å². The molecule has 0 aromatic carbocycles. The van der Waals surface area contributed by atoms with Gasteiger partial charge in [0.2, 0.25) is 0 Å². The molecule has 0 atom stereocenters. The van der Waals surface area contributed by atoms with Crippen molar-refractivity contribution in [2.45, 2.75) is 6.92 Å². The zero-order chi connectivity index (χ0) is 13.1. The lowest BCUT2D eigenvalue weighted by atomic mass is 10.3. The van der Waals surface area contributed by atoms with Crippen molar-refractivity contribution >= 4 is 11.6 Å². The SMILES string of the molecule is Cc1cc(C(=O)NCCN(C)C)nc2ccnn12. The highest BCUT2D eigenvalue weighted by Crippen LogP contribution is 2.06. The van der Waals surface area contributed by atoms with E-state index in [0.717, 1.165) is 12.2 Å². The Kier molecular flexibility index (Phi) is 3.57. The van der Waals surface area contributed by atoms with E-state index in [1.54, 1.807) is 22.8 Å². The van der Waals surface area contributed by atoms with Crippen molar-refractivity contribution in [3.05, 3.63) is 29.7 Å². The Labute approximate surface area is 106 Å². The van der Waals surface area contributed by atoms with Gasteiger partial charge in [0.15, 0.2) is 5.65 Å². The van der Waals surface area contributed by atoms with Crippen molar-refractivity contribution in [2.75, 3.05) is 27.2 Å². The van der Waals surface area contributed by atoms with Crippen molar-refractivity contribution in [3.63, 3.8) is 0 Å². The largest absolute Gasteiger partial charge is 0.349 e. The minimum atomic E-state index is -0.149. The third kappa shape index (κ3) is 2.65. The number of carbonyl (C=O) groups excluding carboxylic acids is 1. The Hall–Kier alpha value is -1.95. The summed E-state index contributed by atoms with van der Waals surface area (Å²) in [5, 5.41) is 6.96. The Morgan fingerprint density at radius 1 is 1.50 bits per heavy atom. The molecule has 0 saturated carbocycles. The summed E-state index contributed by atoms with van der Waals surface area (Å²) in [4.78, 5) is 18.2. The summed E-state index contributed by atoms with van der Waals surface area (Å²) in [6.07, 6.45) is 1.67. The van der Waals surface area contributed by atoms with Gasteiger partial charge in [-0.05, 0) is 27.1 Å². The van der Waals surface area contributed by atoms with Crippen LogP contribution in [0.25, 0.3) is 5.65 Å². The number of aromatic nitrogens is 3. The molecule has 6 heteroatoms. The molecule has 2 aromatic heterocycles. The van der Waals surface area contributed by atoms with Gasteiger partial charge in [-0.15, -0.1) is 0 Å². The summed E-state index contributed by atoms with van der Waals surface area (Å²) < 4.78 is 1.70. The van der Waals surface area contributed by atoms with Gasteiger partial charge in [-0.2, -0.15) is 5.10 Å². The fourth-order valence-corrected chi connectivity index (χ4v) is 1.67. The quantitative estimate of drug-likeness (QED) is 0.845. The summed E-state index contributed by atoms with van der Waals surface area (Å²) in [5.41, 5.74) is 2.01. The van der Waals surface area contributed by atoms with E-state index in [4.69, 9.17) is 0 Å². The topological polar surface area (TPSA) is 62.5 Å². The predicted octanol–water partition coefficient (Wildman–Crippen LogP) is 0.329. The maximum Gasteiger partial charge on any atom is 0.270 e. The van der Waals surface area contributed by atoms with Gasteiger partial charge in [0, 0.05) is 24.8 Å². The lowest BCUT2D eigenvalue weighted by Crippen LogP contribution is -2.32. The van der Waals surface area contributed by atoms with Crippen LogP contribution < -0.4 is 5.32 Å². The van der Waals surface area contributed by atoms with Crippen LogP contribution >= 0.6 is 0 Å². The zero-order valence-electron chi connectivity index (χ0n) is 10.8. The molecule has 1 N–H and O–H groups in total. The van der Waals surface area contributed by atoms with Gasteiger partial charge in [0.05, 0.1) is 6.20 Å². The number of amides is 1. The lowest BCUT2D eigenvalue weighted by molar-refractivity contribution is 0.0946. The van der Waals surface area contributed by atoms with E-state index in [2.05, 4.69) is 15.4 Å². The van der Waals surface area contributed by atoms with E-state index >= 15 is 0 Å². The molecule has 0 aliphatic heterocycles. The van der Waals surface area contributed by atoms with E-state index in [0.29, 0.717) is 17.9 Å². The van der Waals surface area contributed by atoms with E-state index in [1.807, 2.05) is 25.9 Å². The molecular formula is C12H17N5O. The minimum Gasteiger partial charge on any atom is -0.349 e. The number of likely N-dealkylation sites (N-methyl/N-ethyl adjacent to an activating group) is 1. The van der Waals surface area contributed by atoms with Crippen LogP contribution in [0.5, 0.6) is 0 Å². The first-order valence-corrected chi connectivity index (χ1v) is 5.82. The van der Waals surface area contributed by atoms with Crippen molar-refractivity contribution < 1.29 is 4.79 Å². The molecule has 0 unspecified atom stereocenters. The molecule has 0 spiro atoms. The minimum absolute atomic E-state index is 0.149. The first-order chi connectivity index (χ1) is 8.58. The molecule has 0 aliphatic carbocycles. The van der Waals surface area contributed by atoms with E-state index in [9.17, 15) is 4.79 Å². The van der Waals surface area contributed by atoms with Gasteiger partial charge in [0.25, 0.3) is 5.91 Å². The second kappa shape index (κ2) is 5.14. The van der Waals surface area contributed by atoms with Gasteiger partial charge in [0.1, 0.15) is 5.69 Å². The number of nitrogens with one attached hydrogen (secondary N) is 1. The maximum absolute atomic E-state index is 11.9. The molecule has 96 valence electrons. The molecule has 2 rings (SSSR count). The second-order valence-electron chi connectivity index (χ2n) is 4.44. The maximum atomic E-state index is 11.9. The van der Waals surface area contributed by atoms with Crippen LogP contribution in [0.2, 0.25) is 0 Å². The first-order valence-electron chi connectivity index (χ1n) is 5.82. The van der Waals surface area contributed by atoms with Crippen LogP contribution in [0.15, 0.2) is 18.3 Å². The molecule has 18 heavy (non-hydrogen) atoms. The molecule has 0 saturated heterocycles. The number of hydrogen-bond donors (Lipinski definition) is 1. The summed E-state index contributed by atoms with van der Waals surface area (Å²) in [7, 11) is 3.93. The predicted molar refractivity (Wildman–Crippen MR) is 68.6 cm³/mol. The molecular weight excluding hydrogens is 230 g/mol. The number of fused-ring (bicyclic) bond motifs is 1. The fourth-order valence-electron chi connectivity index (χ4n) is 1.67. The molecule has 0 aliphatic rings. The van der Waals surface area contributed by atoms with Crippen LogP contribution in [0.4, 0.5) is 0 Å². The van der Waals surface area contributed by atoms with E-state index in [-0.39, 0.29) is 5.91 Å². The van der Waals surface area contributed by atoms with Gasteiger partial charge in [-0.1, -0.05) is 0 Å². The third-order valence-corrected chi connectivity index (χ3v) is 2.61. The van der Waals surface area contributed by atoms with Crippen molar-refractivity contribution in [2.24, 2.45) is 0 Å². The number of aryl methyl sites for hydroxylation is 1. The number of rotatable bonds is 4. The monoisotopic (exact) mass is 247 g/mol. The molecule has 2 aromatic rings. The van der Waals surface area contributed by atoms with Crippen molar-refractivity contribution in [3.8, 4) is 0 Å². The summed E-state index contributed by atoms with van der Waals surface area (Å²) >= 11 is 0. The zero-order valence-corrected chi connectivity index (χ0v) is 10.8. The first kappa shape index (κ1) is 12.5. The lowest BCUT2D eigenvalue weighted by Gasteiger charge is -2.10. The van der Waals surface area contributed by atoms with Crippen LogP contribution in [0.3, 0.4) is 0 Å². The smallest absolute Gasteiger partial charge is 0.270 e. The highest BCUT2D eigenvalue weighted by atomic mass is 16.1. The summed E-state index contributed by atoms with van der Waals surface area (Å²) in [6.45, 7) is 3.31. The average molecular weight is 247 g/mol. The Morgan fingerprint density at radius 2 is 2.28 bits per heavy atom. The van der Waals surface area contributed by atoms with Gasteiger partial charge >= 0.3 is 0 Å². The van der Waals surface area contributed by atoms with Gasteiger partial charge < -0.3 is 10.2 Å². The van der Waals surface area contributed by atoms with Crippen molar-refractivity contribution in [1.82, 2.24) is 24.8 Å². The van der Waals surface area contributed by atoms with Crippen LogP contribution in [-0.2, 0) is 0 Å². The van der Waals surface area contributed by atoms with Gasteiger partial charge in [-0.25, -0.2) is 9.50 Å². The molecule has 1 amide bonds. The summed E-state index contributed by atoms with van der Waals surface area (Å²) in [6, 6.07) is 3.52. The normalized spacial score (nSPS) is 11.1. The van der Waals surface area contributed by atoms with E-state index < -0.39 is 0 Å².